The second-order valence-corrected chi connectivity index (χ2v) is 5.72. The van der Waals surface area contributed by atoms with Crippen molar-refractivity contribution in [2.24, 2.45) is 0 Å². The molecule has 2 amide bonds. The van der Waals surface area contributed by atoms with E-state index in [0.29, 0.717) is 12.3 Å². The Bertz CT molecular complexity index is 695. The molecule has 1 aromatic carbocycles. The van der Waals surface area contributed by atoms with Gasteiger partial charge in [-0.1, -0.05) is 18.2 Å². The number of aliphatic hydroxyl groups excluding tert-OH is 1. The molecule has 0 unspecified atom stereocenters. The Morgan fingerprint density at radius 1 is 1.33 bits per heavy atom. The minimum Gasteiger partial charge on any atom is -0.388 e. The second kappa shape index (κ2) is 6.19. The topological polar surface area (TPSA) is 111 Å². The summed E-state index contributed by atoms with van der Waals surface area (Å²) in [7, 11) is 0. The number of amides is 2. The fourth-order valence-electron chi connectivity index (χ4n) is 3.07. The van der Waals surface area contributed by atoms with Gasteiger partial charge in [0, 0.05) is 5.69 Å². The van der Waals surface area contributed by atoms with Crippen molar-refractivity contribution in [1.29, 1.82) is 0 Å². The van der Waals surface area contributed by atoms with Gasteiger partial charge in [0.2, 0.25) is 0 Å². The van der Waals surface area contributed by atoms with Crippen molar-refractivity contribution >= 4 is 11.7 Å². The van der Waals surface area contributed by atoms with Crippen LogP contribution in [0.15, 0.2) is 43.0 Å². The number of urea groups is 1. The molecule has 5 atom stereocenters. The monoisotopic (exact) mass is 331 g/mol. The summed E-state index contributed by atoms with van der Waals surface area (Å²) in [5, 5.41) is 20.2. The van der Waals surface area contributed by atoms with Gasteiger partial charge in [0.05, 0.1) is 12.6 Å². The number of benzene rings is 1. The molecule has 24 heavy (non-hydrogen) atoms. The van der Waals surface area contributed by atoms with Gasteiger partial charge in [-0.25, -0.2) is 14.5 Å². The summed E-state index contributed by atoms with van der Waals surface area (Å²) in [6.45, 7) is 0.295. The van der Waals surface area contributed by atoms with Crippen LogP contribution in [0.5, 0.6) is 0 Å². The van der Waals surface area contributed by atoms with Crippen molar-refractivity contribution in [2.75, 3.05) is 11.9 Å². The molecule has 0 spiro atoms. The molecule has 0 radical (unpaired) electrons. The molecule has 2 aromatic rings. The maximum atomic E-state index is 12.2. The third kappa shape index (κ3) is 2.73. The summed E-state index contributed by atoms with van der Waals surface area (Å²) in [5.41, 5.74) is 0.662. The number of rotatable bonds is 3. The van der Waals surface area contributed by atoms with Gasteiger partial charge < -0.3 is 25.2 Å². The summed E-state index contributed by atoms with van der Waals surface area (Å²) in [4.78, 5) is 16.1. The number of ether oxygens (including phenoxy) is 2. The maximum Gasteiger partial charge on any atom is 0.319 e. The van der Waals surface area contributed by atoms with Gasteiger partial charge in [-0.3, -0.25) is 0 Å². The number of hydrogen-bond donors (Lipinski definition) is 3. The fraction of sp³-hybridized carbons (Fsp3) is 0.400. The normalized spacial score (nSPS) is 31.6. The Labute approximate surface area is 137 Å². The van der Waals surface area contributed by atoms with Gasteiger partial charge in [0.15, 0.2) is 6.29 Å². The van der Waals surface area contributed by atoms with E-state index in [1.165, 1.54) is 17.3 Å². The third-order valence-electron chi connectivity index (χ3n) is 4.20. The maximum absolute atomic E-state index is 12.2. The Morgan fingerprint density at radius 3 is 2.92 bits per heavy atom. The van der Waals surface area contributed by atoms with Crippen molar-refractivity contribution in [3.63, 3.8) is 0 Å². The molecule has 2 saturated heterocycles. The number of aliphatic hydroxyl groups is 1. The van der Waals surface area contributed by atoms with E-state index in [4.69, 9.17) is 9.47 Å². The first-order valence-corrected chi connectivity index (χ1v) is 7.64. The standard InChI is InChI=1S/C15H17N5O4/c21-13-11(19-15(22)18-9-4-2-1-3-5-9)10-6-23-14(24-10)12(13)20-8-16-7-17-20/h1-5,7-8,10-14,21H,6H2,(H2,18,19,22)/t10-,11-,12-,13+,14-/m1/s1. The first kappa shape index (κ1) is 15.1. The summed E-state index contributed by atoms with van der Waals surface area (Å²) in [6, 6.07) is 7.45. The van der Waals surface area contributed by atoms with Gasteiger partial charge in [-0.15, -0.1) is 0 Å². The van der Waals surface area contributed by atoms with E-state index in [2.05, 4.69) is 20.7 Å². The smallest absolute Gasteiger partial charge is 0.319 e. The Morgan fingerprint density at radius 2 is 2.17 bits per heavy atom. The van der Waals surface area contributed by atoms with Gasteiger partial charge in [-0.05, 0) is 12.1 Å². The molecule has 3 N–H and O–H groups in total. The van der Waals surface area contributed by atoms with E-state index in [0.717, 1.165) is 0 Å². The van der Waals surface area contributed by atoms with Crippen LogP contribution in [-0.2, 0) is 9.47 Å². The van der Waals surface area contributed by atoms with Crippen LogP contribution < -0.4 is 10.6 Å². The number of nitrogens with one attached hydrogen (secondary N) is 2. The Kier molecular flexibility index (Phi) is 3.89. The highest BCUT2D eigenvalue weighted by molar-refractivity contribution is 5.89. The van der Waals surface area contributed by atoms with Crippen LogP contribution in [0.2, 0.25) is 0 Å². The van der Waals surface area contributed by atoms with Gasteiger partial charge in [-0.2, -0.15) is 5.10 Å². The lowest BCUT2D eigenvalue weighted by Gasteiger charge is -2.38. The van der Waals surface area contributed by atoms with E-state index < -0.39 is 36.6 Å². The highest BCUT2D eigenvalue weighted by Gasteiger charge is 2.51. The second-order valence-electron chi connectivity index (χ2n) is 5.72. The van der Waals surface area contributed by atoms with E-state index >= 15 is 0 Å². The lowest BCUT2D eigenvalue weighted by Crippen LogP contribution is -2.59. The summed E-state index contributed by atoms with van der Waals surface area (Å²) >= 11 is 0. The summed E-state index contributed by atoms with van der Waals surface area (Å²) in [6.07, 6.45) is 0.922. The van der Waals surface area contributed by atoms with Crippen molar-refractivity contribution in [3.8, 4) is 0 Å². The molecular formula is C15H17N5O4. The molecule has 2 bridgehead atoms. The van der Waals surface area contributed by atoms with Crippen LogP contribution in [-0.4, -0.2) is 57.0 Å². The zero-order valence-electron chi connectivity index (χ0n) is 12.6. The molecular weight excluding hydrogens is 314 g/mol. The van der Waals surface area contributed by atoms with Crippen molar-refractivity contribution < 1.29 is 19.4 Å². The molecule has 2 aliphatic rings. The van der Waals surface area contributed by atoms with E-state index in [9.17, 15) is 9.90 Å². The summed E-state index contributed by atoms with van der Waals surface area (Å²) < 4.78 is 12.8. The number of nitrogens with zero attached hydrogens (tertiary/aromatic N) is 3. The number of aromatic nitrogens is 3. The third-order valence-corrected chi connectivity index (χ3v) is 4.20. The van der Waals surface area contributed by atoms with E-state index in [1.54, 1.807) is 12.1 Å². The first-order valence-electron chi connectivity index (χ1n) is 7.64. The molecule has 9 nitrogen and oxygen atoms in total. The molecule has 1 aromatic heterocycles. The zero-order chi connectivity index (χ0) is 16.5. The van der Waals surface area contributed by atoms with Gasteiger partial charge in [0.1, 0.15) is 30.9 Å². The number of hydrogen-bond acceptors (Lipinski definition) is 6. The number of fused-ring (bicyclic) bond motifs is 2. The number of carbonyl (C=O) groups is 1. The minimum atomic E-state index is -0.917. The number of carbonyl (C=O) groups excluding carboxylic acids is 1. The van der Waals surface area contributed by atoms with Crippen LogP contribution >= 0.6 is 0 Å². The molecule has 3 heterocycles. The number of anilines is 1. The van der Waals surface area contributed by atoms with Crippen molar-refractivity contribution in [2.45, 2.75) is 30.6 Å². The molecule has 2 fully saturated rings. The molecule has 4 rings (SSSR count). The molecule has 9 heteroatoms. The van der Waals surface area contributed by atoms with Crippen LogP contribution in [0.25, 0.3) is 0 Å². The predicted octanol–water partition coefficient (Wildman–Crippen LogP) is 0.125. The van der Waals surface area contributed by atoms with E-state index in [1.807, 2.05) is 18.2 Å². The largest absolute Gasteiger partial charge is 0.388 e. The molecule has 2 aliphatic heterocycles. The quantitative estimate of drug-likeness (QED) is 0.737. The lowest BCUT2D eigenvalue weighted by atomic mass is 9.96. The fourth-order valence-corrected chi connectivity index (χ4v) is 3.07. The molecule has 0 aliphatic carbocycles. The predicted molar refractivity (Wildman–Crippen MR) is 82.1 cm³/mol. The Balaban J connectivity index is 1.48. The van der Waals surface area contributed by atoms with E-state index in [-0.39, 0.29) is 0 Å². The lowest BCUT2D eigenvalue weighted by molar-refractivity contribution is -0.166. The SMILES string of the molecule is O=C(Nc1ccccc1)N[C@H]1[C@H](O)[C@@H](n2cncn2)[C@@H]2OC[C@H]1O2. The highest BCUT2D eigenvalue weighted by atomic mass is 16.7. The van der Waals surface area contributed by atoms with Crippen LogP contribution in [0.3, 0.4) is 0 Å². The van der Waals surface area contributed by atoms with Gasteiger partial charge in [0.25, 0.3) is 0 Å². The minimum absolute atomic E-state index is 0.295. The summed E-state index contributed by atoms with van der Waals surface area (Å²) in [5.74, 6) is 0. The Hall–Kier alpha value is -2.49. The zero-order valence-corrected chi connectivity index (χ0v) is 12.6. The highest BCUT2D eigenvalue weighted by Crippen LogP contribution is 2.35. The first-order chi connectivity index (χ1) is 11.7. The van der Waals surface area contributed by atoms with Crippen LogP contribution in [0.1, 0.15) is 6.04 Å². The number of para-hydroxylation sites is 1. The average Bonchev–Trinajstić information content (AvgIpc) is 3.24. The average molecular weight is 331 g/mol. The molecule has 126 valence electrons. The van der Waals surface area contributed by atoms with Crippen LogP contribution in [0, 0.1) is 0 Å². The van der Waals surface area contributed by atoms with Crippen LogP contribution in [0.4, 0.5) is 10.5 Å². The molecule has 0 saturated carbocycles. The van der Waals surface area contributed by atoms with Crippen molar-refractivity contribution in [1.82, 2.24) is 20.1 Å². The van der Waals surface area contributed by atoms with Crippen molar-refractivity contribution in [3.05, 3.63) is 43.0 Å². The van der Waals surface area contributed by atoms with Gasteiger partial charge >= 0.3 is 6.03 Å².